The molecule has 1 amide bonds. The van der Waals surface area contributed by atoms with Gasteiger partial charge in [0.05, 0.1) is 6.61 Å². The lowest BCUT2D eigenvalue weighted by atomic mass is 10.1. The summed E-state index contributed by atoms with van der Waals surface area (Å²) in [7, 11) is 1.54. The number of nitrogens with one attached hydrogen (secondary N) is 2. The lowest BCUT2D eigenvalue weighted by Crippen LogP contribution is -2.30. The summed E-state index contributed by atoms with van der Waals surface area (Å²) in [6, 6.07) is 12.7. The van der Waals surface area contributed by atoms with Gasteiger partial charge < -0.3 is 15.4 Å². The highest BCUT2D eigenvalue weighted by Crippen LogP contribution is 2.14. The van der Waals surface area contributed by atoms with Crippen molar-refractivity contribution in [3.8, 4) is 0 Å². The molecule has 0 spiro atoms. The monoisotopic (exact) mass is 344 g/mol. The molecule has 0 saturated heterocycles. The molecule has 1 atom stereocenters. The van der Waals surface area contributed by atoms with Gasteiger partial charge in [-0.15, -0.1) is 0 Å². The topological polar surface area (TPSA) is 50.4 Å². The molecule has 0 aromatic heterocycles. The third-order valence-corrected chi connectivity index (χ3v) is 3.98. The van der Waals surface area contributed by atoms with Gasteiger partial charge in [-0.05, 0) is 43.2 Å². The van der Waals surface area contributed by atoms with E-state index in [1.165, 1.54) is 6.07 Å². The summed E-state index contributed by atoms with van der Waals surface area (Å²) in [5.41, 5.74) is 3.36. The number of carbonyl (C=O) groups is 1. The average Bonchev–Trinajstić information content (AvgIpc) is 2.58. The number of methoxy groups -OCH3 is 1. The standard InChI is InChI=1S/C20H25FN2O2/c1-14-6-4-5-7-19(14)23-20(24)10-15(2)22-12-16-8-9-18(21)17(11-16)13-25-3/h4-9,11,15,22H,10,12-13H2,1-3H3,(H,23,24)/t15-/m1/s1. The molecule has 0 aliphatic heterocycles. The van der Waals surface area contributed by atoms with Crippen LogP contribution in [0.2, 0.25) is 0 Å². The van der Waals surface area contributed by atoms with E-state index in [0.29, 0.717) is 18.5 Å². The normalized spacial score (nSPS) is 12.0. The highest BCUT2D eigenvalue weighted by molar-refractivity contribution is 5.91. The van der Waals surface area contributed by atoms with Crippen LogP contribution in [0.1, 0.15) is 30.0 Å². The number of anilines is 1. The van der Waals surface area contributed by atoms with Crippen LogP contribution in [-0.4, -0.2) is 19.1 Å². The first-order valence-corrected chi connectivity index (χ1v) is 8.34. The van der Waals surface area contributed by atoms with E-state index in [-0.39, 0.29) is 24.4 Å². The lowest BCUT2D eigenvalue weighted by molar-refractivity contribution is -0.116. The summed E-state index contributed by atoms with van der Waals surface area (Å²) in [6.07, 6.45) is 0.362. The van der Waals surface area contributed by atoms with E-state index in [4.69, 9.17) is 4.74 Å². The highest BCUT2D eigenvalue weighted by atomic mass is 19.1. The average molecular weight is 344 g/mol. The van der Waals surface area contributed by atoms with Crippen LogP contribution in [0.15, 0.2) is 42.5 Å². The van der Waals surface area contributed by atoms with E-state index in [9.17, 15) is 9.18 Å². The second kappa shape index (κ2) is 9.30. The van der Waals surface area contributed by atoms with E-state index in [1.807, 2.05) is 38.1 Å². The van der Waals surface area contributed by atoms with Crippen LogP contribution in [0, 0.1) is 12.7 Å². The van der Waals surface area contributed by atoms with E-state index in [1.54, 1.807) is 19.2 Å². The Hall–Kier alpha value is -2.24. The first-order chi connectivity index (χ1) is 12.0. The van der Waals surface area contributed by atoms with E-state index in [2.05, 4.69) is 10.6 Å². The van der Waals surface area contributed by atoms with Crippen molar-refractivity contribution in [2.45, 2.75) is 39.5 Å². The van der Waals surface area contributed by atoms with Gasteiger partial charge in [0.1, 0.15) is 5.82 Å². The van der Waals surface area contributed by atoms with Gasteiger partial charge >= 0.3 is 0 Å². The zero-order valence-electron chi connectivity index (χ0n) is 14.9. The van der Waals surface area contributed by atoms with Crippen molar-refractivity contribution in [2.75, 3.05) is 12.4 Å². The SMILES string of the molecule is COCc1cc(CN[C@H](C)CC(=O)Nc2ccccc2C)ccc1F. The van der Waals surface area contributed by atoms with Crippen molar-refractivity contribution in [3.05, 3.63) is 65.0 Å². The maximum absolute atomic E-state index is 13.6. The number of halogens is 1. The molecule has 0 aliphatic rings. The largest absolute Gasteiger partial charge is 0.380 e. The Labute approximate surface area is 148 Å². The quantitative estimate of drug-likeness (QED) is 0.766. The summed E-state index contributed by atoms with van der Waals surface area (Å²) in [4.78, 5) is 12.2. The van der Waals surface area contributed by atoms with Gasteiger partial charge in [0.2, 0.25) is 5.91 Å². The molecule has 25 heavy (non-hydrogen) atoms. The van der Waals surface area contributed by atoms with Crippen molar-refractivity contribution in [2.24, 2.45) is 0 Å². The Balaban J connectivity index is 1.84. The Bertz CT molecular complexity index is 719. The number of rotatable bonds is 8. The number of hydrogen-bond donors (Lipinski definition) is 2. The molecule has 2 aromatic carbocycles. The lowest BCUT2D eigenvalue weighted by Gasteiger charge is -2.15. The van der Waals surface area contributed by atoms with Gasteiger partial charge in [-0.25, -0.2) is 4.39 Å². The van der Waals surface area contributed by atoms with Crippen molar-refractivity contribution in [3.63, 3.8) is 0 Å². The second-order valence-electron chi connectivity index (χ2n) is 6.21. The van der Waals surface area contributed by atoms with Gasteiger partial charge in [0.25, 0.3) is 0 Å². The summed E-state index contributed by atoms with van der Waals surface area (Å²) in [5.74, 6) is -0.301. The van der Waals surface area contributed by atoms with E-state index < -0.39 is 0 Å². The molecule has 2 aromatic rings. The molecule has 5 heteroatoms. The molecular weight excluding hydrogens is 319 g/mol. The molecule has 0 aliphatic carbocycles. The number of ether oxygens (including phenoxy) is 1. The summed E-state index contributed by atoms with van der Waals surface area (Å²) in [6.45, 7) is 4.73. The van der Waals surface area contributed by atoms with Crippen molar-refractivity contribution in [1.82, 2.24) is 5.32 Å². The molecule has 0 saturated carbocycles. The van der Waals surface area contributed by atoms with Crippen LogP contribution >= 0.6 is 0 Å². The van der Waals surface area contributed by atoms with Gasteiger partial charge in [-0.3, -0.25) is 4.79 Å². The molecule has 0 bridgehead atoms. The van der Waals surface area contributed by atoms with E-state index >= 15 is 0 Å². The van der Waals surface area contributed by atoms with Gasteiger partial charge in [-0.1, -0.05) is 24.3 Å². The zero-order chi connectivity index (χ0) is 18.2. The minimum atomic E-state index is -0.267. The Morgan fingerprint density at radius 2 is 2.00 bits per heavy atom. The molecule has 4 nitrogen and oxygen atoms in total. The molecule has 2 N–H and O–H groups in total. The molecular formula is C20H25FN2O2. The summed E-state index contributed by atoms with van der Waals surface area (Å²) in [5, 5.41) is 6.22. The van der Waals surface area contributed by atoms with Gasteiger partial charge in [0.15, 0.2) is 0 Å². The summed E-state index contributed by atoms with van der Waals surface area (Å²) < 4.78 is 18.6. The first kappa shape index (κ1) is 19.1. The van der Waals surface area contributed by atoms with Gasteiger partial charge in [-0.2, -0.15) is 0 Å². The van der Waals surface area contributed by atoms with Gasteiger partial charge in [0, 0.05) is 37.4 Å². The van der Waals surface area contributed by atoms with Crippen molar-refractivity contribution in [1.29, 1.82) is 0 Å². The van der Waals surface area contributed by atoms with Crippen LogP contribution in [-0.2, 0) is 22.7 Å². The van der Waals surface area contributed by atoms with Crippen LogP contribution in [0.3, 0.4) is 0 Å². The van der Waals surface area contributed by atoms with Crippen LogP contribution in [0.4, 0.5) is 10.1 Å². The fourth-order valence-electron chi connectivity index (χ4n) is 2.56. The maximum Gasteiger partial charge on any atom is 0.225 e. The number of carbonyl (C=O) groups excluding carboxylic acids is 1. The fourth-order valence-corrected chi connectivity index (χ4v) is 2.56. The van der Waals surface area contributed by atoms with E-state index in [0.717, 1.165) is 16.8 Å². The van der Waals surface area contributed by atoms with Crippen LogP contribution in [0.25, 0.3) is 0 Å². The Morgan fingerprint density at radius 3 is 2.72 bits per heavy atom. The third-order valence-electron chi connectivity index (χ3n) is 3.98. The minimum Gasteiger partial charge on any atom is -0.380 e. The Kier molecular flexibility index (Phi) is 7.10. The number of para-hydroxylation sites is 1. The number of amides is 1. The summed E-state index contributed by atoms with van der Waals surface area (Å²) >= 11 is 0. The molecule has 2 rings (SSSR count). The van der Waals surface area contributed by atoms with Crippen LogP contribution < -0.4 is 10.6 Å². The Morgan fingerprint density at radius 1 is 1.24 bits per heavy atom. The maximum atomic E-state index is 13.6. The smallest absolute Gasteiger partial charge is 0.225 e. The number of aryl methyl sites for hydroxylation is 1. The highest BCUT2D eigenvalue weighted by Gasteiger charge is 2.10. The molecule has 0 radical (unpaired) electrons. The minimum absolute atomic E-state index is 0.0000495. The van der Waals surface area contributed by atoms with Crippen molar-refractivity contribution >= 4 is 11.6 Å². The third kappa shape index (κ3) is 5.96. The van der Waals surface area contributed by atoms with Crippen molar-refractivity contribution < 1.29 is 13.9 Å². The fraction of sp³-hybridized carbons (Fsp3) is 0.350. The zero-order valence-corrected chi connectivity index (χ0v) is 14.9. The number of hydrogen-bond acceptors (Lipinski definition) is 3. The molecule has 0 fully saturated rings. The first-order valence-electron chi connectivity index (χ1n) is 8.34. The van der Waals surface area contributed by atoms with Crippen LogP contribution in [0.5, 0.6) is 0 Å². The molecule has 0 heterocycles. The second-order valence-corrected chi connectivity index (χ2v) is 6.21. The molecule has 0 unspecified atom stereocenters. The number of benzene rings is 2. The molecule has 134 valence electrons. The predicted octanol–water partition coefficient (Wildman–Crippen LogP) is 3.79. The predicted molar refractivity (Wildman–Crippen MR) is 97.8 cm³/mol.